The number of carbonyl (C=O) groups excluding carboxylic acids is 2. The van der Waals surface area contributed by atoms with Gasteiger partial charge in [-0.05, 0) is 26.7 Å². The van der Waals surface area contributed by atoms with Gasteiger partial charge < -0.3 is 15.0 Å². The third-order valence-electron chi connectivity index (χ3n) is 3.69. The van der Waals surface area contributed by atoms with E-state index in [0.717, 1.165) is 12.8 Å². The smallest absolute Gasteiger partial charge is 0.245 e. The number of carbonyl (C=O) groups is 2. The molecule has 0 spiro atoms. The second kappa shape index (κ2) is 4.64. The van der Waals surface area contributed by atoms with Crippen LogP contribution in [0.4, 0.5) is 0 Å². The number of hydrogen-bond donors (Lipinski definition) is 1. The Bertz CT molecular complexity index is 322. The Kier molecular flexibility index (Phi) is 3.38. The van der Waals surface area contributed by atoms with Crippen LogP contribution in [0, 0.1) is 5.92 Å². The Labute approximate surface area is 101 Å². The molecule has 0 saturated carbocycles. The summed E-state index contributed by atoms with van der Waals surface area (Å²) in [6.45, 7) is 6.07. The first-order valence-corrected chi connectivity index (χ1v) is 6.21. The quantitative estimate of drug-likeness (QED) is 0.710. The molecule has 2 rings (SSSR count). The van der Waals surface area contributed by atoms with Crippen molar-refractivity contribution in [2.24, 2.45) is 5.92 Å². The molecule has 2 aliphatic rings. The molecule has 0 aliphatic carbocycles. The van der Waals surface area contributed by atoms with Crippen molar-refractivity contribution in [3.05, 3.63) is 0 Å². The molecule has 5 nitrogen and oxygen atoms in total. The standard InChI is InChI=1S/C12H20N2O3/c1-12(2)11(16)13-5-6-14(12)10(15)9-3-7-17-8-4-9/h9H,3-8H2,1-2H3,(H,13,16). The summed E-state index contributed by atoms with van der Waals surface area (Å²) in [5.41, 5.74) is -0.729. The highest BCUT2D eigenvalue weighted by Crippen LogP contribution is 2.24. The number of ether oxygens (including phenoxy) is 1. The van der Waals surface area contributed by atoms with E-state index < -0.39 is 5.54 Å². The van der Waals surface area contributed by atoms with E-state index in [1.54, 1.807) is 18.7 Å². The van der Waals surface area contributed by atoms with E-state index in [2.05, 4.69) is 5.32 Å². The Morgan fingerprint density at radius 1 is 1.41 bits per heavy atom. The highest BCUT2D eigenvalue weighted by atomic mass is 16.5. The topological polar surface area (TPSA) is 58.6 Å². The van der Waals surface area contributed by atoms with E-state index in [9.17, 15) is 9.59 Å². The molecule has 0 aromatic rings. The fraction of sp³-hybridized carbons (Fsp3) is 0.833. The van der Waals surface area contributed by atoms with Gasteiger partial charge in [0.2, 0.25) is 11.8 Å². The predicted octanol–water partition coefficient (Wildman–Crippen LogP) is 0.150. The van der Waals surface area contributed by atoms with Crippen LogP contribution in [0.25, 0.3) is 0 Å². The van der Waals surface area contributed by atoms with Crippen molar-refractivity contribution in [3.63, 3.8) is 0 Å². The molecule has 5 heteroatoms. The van der Waals surface area contributed by atoms with Crippen LogP contribution in [0.5, 0.6) is 0 Å². The second-order valence-corrected chi connectivity index (χ2v) is 5.19. The van der Waals surface area contributed by atoms with Crippen molar-refractivity contribution in [2.45, 2.75) is 32.2 Å². The largest absolute Gasteiger partial charge is 0.381 e. The lowest BCUT2D eigenvalue weighted by Gasteiger charge is -2.43. The van der Waals surface area contributed by atoms with Crippen LogP contribution in [-0.4, -0.2) is 48.6 Å². The molecular weight excluding hydrogens is 220 g/mol. The third kappa shape index (κ3) is 2.29. The van der Waals surface area contributed by atoms with Crippen molar-refractivity contribution >= 4 is 11.8 Å². The minimum atomic E-state index is -0.729. The first-order chi connectivity index (χ1) is 8.03. The molecule has 2 saturated heterocycles. The number of piperazine rings is 1. The van der Waals surface area contributed by atoms with E-state index in [1.165, 1.54) is 0 Å². The predicted molar refractivity (Wildman–Crippen MR) is 62.3 cm³/mol. The van der Waals surface area contributed by atoms with Crippen LogP contribution in [0.1, 0.15) is 26.7 Å². The summed E-state index contributed by atoms with van der Waals surface area (Å²) < 4.78 is 5.26. The van der Waals surface area contributed by atoms with Gasteiger partial charge in [0, 0.05) is 32.2 Å². The maximum atomic E-state index is 12.4. The molecule has 17 heavy (non-hydrogen) atoms. The van der Waals surface area contributed by atoms with Gasteiger partial charge in [0.1, 0.15) is 5.54 Å². The summed E-state index contributed by atoms with van der Waals surface area (Å²) in [5, 5.41) is 2.80. The number of rotatable bonds is 1. The van der Waals surface area contributed by atoms with Crippen molar-refractivity contribution in [3.8, 4) is 0 Å². The van der Waals surface area contributed by atoms with Gasteiger partial charge in [0.05, 0.1) is 0 Å². The van der Waals surface area contributed by atoms with Crippen LogP contribution >= 0.6 is 0 Å². The molecule has 0 radical (unpaired) electrons. The monoisotopic (exact) mass is 240 g/mol. The number of amides is 2. The minimum absolute atomic E-state index is 0.0222. The van der Waals surface area contributed by atoms with Crippen LogP contribution < -0.4 is 5.32 Å². The Balaban J connectivity index is 2.09. The SMILES string of the molecule is CC1(C)C(=O)NCCN1C(=O)C1CCOCC1. The molecule has 1 N–H and O–H groups in total. The normalized spacial score (nSPS) is 25.5. The molecule has 2 aliphatic heterocycles. The molecule has 96 valence electrons. The van der Waals surface area contributed by atoms with Gasteiger partial charge in [-0.1, -0.05) is 0 Å². The molecule has 0 unspecified atom stereocenters. The lowest BCUT2D eigenvalue weighted by Crippen LogP contribution is -2.64. The van der Waals surface area contributed by atoms with Crippen LogP contribution in [0.15, 0.2) is 0 Å². The van der Waals surface area contributed by atoms with Crippen LogP contribution in [0.3, 0.4) is 0 Å². The molecule has 0 atom stereocenters. The number of hydrogen-bond acceptors (Lipinski definition) is 3. The van der Waals surface area contributed by atoms with E-state index in [0.29, 0.717) is 26.3 Å². The summed E-state index contributed by atoms with van der Waals surface area (Å²) in [7, 11) is 0. The first-order valence-electron chi connectivity index (χ1n) is 6.21. The molecule has 2 heterocycles. The van der Waals surface area contributed by atoms with E-state index in [4.69, 9.17) is 4.74 Å². The van der Waals surface area contributed by atoms with Crippen LogP contribution in [0.2, 0.25) is 0 Å². The minimum Gasteiger partial charge on any atom is -0.381 e. The Morgan fingerprint density at radius 2 is 2.06 bits per heavy atom. The zero-order valence-corrected chi connectivity index (χ0v) is 10.5. The fourth-order valence-electron chi connectivity index (χ4n) is 2.45. The van der Waals surface area contributed by atoms with Gasteiger partial charge >= 0.3 is 0 Å². The number of nitrogens with one attached hydrogen (secondary N) is 1. The molecular formula is C12H20N2O3. The number of nitrogens with zero attached hydrogens (tertiary/aromatic N) is 1. The molecule has 2 fully saturated rings. The second-order valence-electron chi connectivity index (χ2n) is 5.19. The average Bonchev–Trinajstić information content (AvgIpc) is 2.33. The fourth-order valence-corrected chi connectivity index (χ4v) is 2.45. The maximum Gasteiger partial charge on any atom is 0.245 e. The highest BCUT2D eigenvalue weighted by Gasteiger charge is 2.42. The molecule has 0 aromatic heterocycles. The molecule has 2 amide bonds. The summed E-state index contributed by atoms with van der Waals surface area (Å²) in [6, 6.07) is 0. The van der Waals surface area contributed by atoms with Gasteiger partial charge in [-0.3, -0.25) is 9.59 Å². The van der Waals surface area contributed by atoms with Gasteiger partial charge in [0.15, 0.2) is 0 Å². The summed E-state index contributed by atoms with van der Waals surface area (Å²) in [6.07, 6.45) is 1.54. The van der Waals surface area contributed by atoms with Gasteiger partial charge in [0.25, 0.3) is 0 Å². The lowest BCUT2D eigenvalue weighted by atomic mass is 9.92. The van der Waals surface area contributed by atoms with Crippen LogP contribution in [-0.2, 0) is 14.3 Å². The zero-order chi connectivity index (χ0) is 12.5. The average molecular weight is 240 g/mol. The van der Waals surface area contributed by atoms with Crippen molar-refractivity contribution in [1.29, 1.82) is 0 Å². The van der Waals surface area contributed by atoms with Crippen molar-refractivity contribution in [1.82, 2.24) is 10.2 Å². The van der Waals surface area contributed by atoms with E-state index in [-0.39, 0.29) is 17.7 Å². The van der Waals surface area contributed by atoms with Gasteiger partial charge in [-0.15, -0.1) is 0 Å². The molecule has 0 bridgehead atoms. The maximum absolute atomic E-state index is 12.4. The van der Waals surface area contributed by atoms with E-state index >= 15 is 0 Å². The Hall–Kier alpha value is -1.10. The Morgan fingerprint density at radius 3 is 2.71 bits per heavy atom. The molecule has 0 aromatic carbocycles. The summed E-state index contributed by atoms with van der Waals surface area (Å²) >= 11 is 0. The lowest BCUT2D eigenvalue weighted by molar-refractivity contribution is -0.154. The van der Waals surface area contributed by atoms with Crippen molar-refractivity contribution in [2.75, 3.05) is 26.3 Å². The highest BCUT2D eigenvalue weighted by molar-refractivity contribution is 5.92. The van der Waals surface area contributed by atoms with Gasteiger partial charge in [-0.25, -0.2) is 0 Å². The zero-order valence-electron chi connectivity index (χ0n) is 10.5. The van der Waals surface area contributed by atoms with Crippen molar-refractivity contribution < 1.29 is 14.3 Å². The van der Waals surface area contributed by atoms with E-state index in [1.807, 2.05) is 0 Å². The summed E-state index contributed by atoms with van der Waals surface area (Å²) in [4.78, 5) is 25.9. The first kappa shape index (κ1) is 12.4. The van der Waals surface area contributed by atoms with Gasteiger partial charge in [-0.2, -0.15) is 0 Å². The summed E-state index contributed by atoms with van der Waals surface area (Å²) in [5.74, 6) is 0.0613. The third-order valence-corrected chi connectivity index (χ3v) is 3.69.